The van der Waals surface area contributed by atoms with Crippen molar-refractivity contribution in [1.82, 2.24) is 0 Å². The Hall–Kier alpha value is -4.78. The molecule has 13 heteroatoms. The van der Waals surface area contributed by atoms with Crippen molar-refractivity contribution in [1.29, 1.82) is 0 Å². The van der Waals surface area contributed by atoms with Crippen molar-refractivity contribution in [2.24, 2.45) is 0 Å². The van der Waals surface area contributed by atoms with E-state index in [4.69, 9.17) is 32.8 Å². The summed E-state index contributed by atoms with van der Waals surface area (Å²) in [7, 11) is 0. The van der Waals surface area contributed by atoms with E-state index in [1.165, 1.54) is 36.4 Å². The van der Waals surface area contributed by atoms with Gasteiger partial charge in [-0.2, -0.15) is 0 Å². The average molecular weight is 587 g/mol. The highest BCUT2D eigenvalue weighted by Gasteiger charge is 2.53. The minimum atomic E-state index is -1.48. The second-order valence-corrected chi connectivity index (χ2v) is 9.30. The molecule has 0 unspecified atom stereocenters. The molecule has 0 aliphatic carbocycles. The van der Waals surface area contributed by atoms with Crippen LogP contribution in [0, 0.1) is 5.82 Å². The lowest BCUT2D eigenvalue weighted by atomic mass is 9.98. The highest BCUT2D eigenvalue weighted by molar-refractivity contribution is 5.82. The Labute approximate surface area is 238 Å². The lowest BCUT2D eigenvalue weighted by Crippen LogP contribution is -2.63. The van der Waals surface area contributed by atoms with Crippen LogP contribution < -0.4 is 10.2 Å². The van der Waals surface area contributed by atoms with Crippen LogP contribution in [-0.4, -0.2) is 61.2 Å². The van der Waals surface area contributed by atoms with Gasteiger partial charge in [-0.3, -0.25) is 24.0 Å². The van der Waals surface area contributed by atoms with Crippen molar-refractivity contribution in [3.05, 3.63) is 64.8 Å². The molecule has 1 aromatic heterocycles. The Balaban J connectivity index is 1.71. The molecule has 0 bridgehead atoms. The monoisotopic (exact) mass is 586 g/mol. The third-order valence-corrected chi connectivity index (χ3v) is 6.11. The van der Waals surface area contributed by atoms with E-state index in [0.29, 0.717) is 0 Å². The number of carbonyl (C=O) groups excluding carboxylic acids is 4. The maximum atomic E-state index is 14.3. The van der Waals surface area contributed by atoms with Gasteiger partial charge in [-0.15, -0.1) is 0 Å². The number of benzene rings is 2. The van der Waals surface area contributed by atoms with Crippen LogP contribution in [0.1, 0.15) is 27.7 Å². The lowest BCUT2D eigenvalue weighted by Gasteiger charge is -2.43. The minimum Gasteiger partial charge on any atom is -0.463 e. The summed E-state index contributed by atoms with van der Waals surface area (Å²) in [4.78, 5) is 60.6. The fourth-order valence-electron chi connectivity index (χ4n) is 4.47. The van der Waals surface area contributed by atoms with Crippen LogP contribution in [0.5, 0.6) is 5.75 Å². The number of halogens is 1. The highest BCUT2D eigenvalue weighted by atomic mass is 19.1. The third kappa shape index (κ3) is 6.92. The largest absolute Gasteiger partial charge is 0.463 e. The summed E-state index contributed by atoms with van der Waals surface area (Å²) in [5.74, 6) is -3.53. The molecule has 0 saturated carbocycles. The number of rotatable bonds is 8. The molecule has 1 fully saturated rings. The van der Waals surface area contributed by atoms with Gasteiger partial charge in [0.25, 0.3) is 0 Å². The van der Waals surface area contributed by atoms with E-state index in [1.807, 2.05) is 0 Å². The molecular weight excluding hydrogens is 559 g/mol. The molecule has 0 N–H and O–H groups in total. The van der Waals surface area contributed by atoms with E-state index in [-0.39, 0.29) is 27.8 Å². The van der Waals surface area contributed by atoms with Crippen molar-refractivity contribution >= 4 is 34.8 Å². The predicted octanol–water partition coefficient (Wildman–Crippen LogP) is 3.06. The van der Waals surface area contributed by atoms with Crippen molar-refractivity contribution in [3.8, 4) is 16.9 Å². The first-order valence-electron chi connectivity index (χ1n) is 12.7. The molecular formula is C29H27FO12. The van der Waals surface area contributed by atoms with Gasteiger partial charge in [0.05, 0.1) is 10.9 Å². The molecule has 1 aliphatic heterocycles. The summed E-state index contributed by atoms with van der Waals surface area (Å²) < 4.78 is 53.0. The van der Waals surface area contributed by atoms with Gasteiger partial charge in [0, 0.05) is 39.3 Å². The van der Waals surface area contributed by atoms with Gasteiger partial charge < -0.3 is 32.8 Å². The second kappa shape index (κ2) is 12.8. The number of esters is 4. The molecule has 1 aliphatic rings. The Bertz CT molecular complexity index is 1560. The standard InChI is InChI=1S/C29H27FO12/c1-14(31)36-13-24-26(38-15(2)32)27(39-16(3)33)28(40-17(4)34)29(42-24)41-18-9-10-20-23(11-18)37-12-21(25(20)35)19-7-5-6-8-22(19)30/h5-12,24,26-29H,13H2,1-4H3/t24-,26+,27-,28-,29+/m0/s1. The van der Waals surface area contributed by atoms with Crippen LogP contribution in [0.3, 0.4) is 0 Å². The van der Waals surface area contributed by atoms with E-state index in [1.54, 1.807) is 6.07 Å². The number of carbonyl (C=O) groups is 4. The van der Waals surface area contributed by atoms with Crippen molar-refractivity contribution in [2.75, 3.05) is 6.61 Å². The predicted molar refractivity (Wildman–Crippen MR) is 140 cm³/mol. The molecule has 0 amide bonds. The molecule has 12 nitrogen and oxygen atoms in total. The average Bonchev–Trinajstić information content (AvgIpc) is 2.91. The van der Waals surface area contributed by atoms with Gasteiger partial charge in [0.2, 0.25) is 17.8 Å². The Morgan fingerprint density at radius 2 is 1.45 bits per heavy atom. The molecule has 3 aromatic rings. The summed E-state index contributed by atoms with van der Waals surface area (Å²) in [6.07, 6.45) is -5.78. The van der Waals surface area contributed by atoms with Crippen LogP contribution >= 0.6 is 0 Å². The van der Waals surface area contributed by atoms with Crippen molar-refractivity contribution < 1.29 is 56.4 Å². The fraction of sp³-hybridized carbons (Fsp3) is 0.345. The Morgan fingerprint density at radius 1 is 0.810 bits per heavy atom. The summed E-state index contributed by atoms with van der Waals surface area (Å²) in [6, 6.07) is 9.92. The summed E-state index contributed by atoms with van der Waals surface area (Å²) in [6.45, 7) is 4.04. The first kappa shape index (κ1) is 30.2. The van der Waals surface area contributed by atoms with Crippen molar-refractivity contribution in [2.45, 2.75) is 58.4 Å². The molecule has 2 heterocycles. The van der Waals surface area contributed by atoms with Gasteiger partial charge in [0.1, 0.15) is 36.1 Å². The van der Waals surface area contributed by atoms with Gasteiger partial charge in [0.15, 0.2) is 12.2 Å². The zero-order chi connectivity index (χ0) is 30.6. The van der Waals surface area contributed by atoms with Gasteiger partial charge in [-0.05, 0) is 18.2 Å². The second-order valence-electron chi connectivity index (χ2n) is 9.30. The summed E-state index contributed by atoms with van der Waals surface area (Å²) >= 11 is 0. The molecule has 222 valence electrons. The van der Waals surface area contributed by atoms with E-state index >= 15 is 0 Å². The smallest absolute Gasteiger partial charge is 0.303 e. The molecule has 4 rings (SSSR count). The van der Waals surface area contributed by atoms with Crippen LogP contribution in [0.15, 0.2) is 57.9 Å². The first-order chi connectivity index (χ1) is 19.9. The van der Waals surface area contributed by atoms with Gasteiger partial charge in [-0.1, -0.05) is 18.2 Å². The SMILES string of the molecule is CC(=O)OC[C@@H]1O[C@@H](Oc2ccc3c(=O)c(-c4ccccc4F)coc3c2)[C@@H](OC(C)=O)[C@@H](OC(C)=O)[C@@H]1OC(C)=O. The zero-order valence-corrected chi connectivity index (χ0v) is 23.0. The number of hydrogen-bond donors (Lipinski definition) is 0. The Morgan fingerprint density at radius 3 is 2.10 bits per heavy atom. The third-order valence-electron chi connectivity index (χ3n) is 6.11. The molecule has 5 atom stereocenters. The summed E-state index contributed by atoms with van der Waals surface area (Å²) in [5, 5.41) is 0.129. The lowest BCUT2D eigenvalue weighted by molar-refractivity contribution is -0.288. The minimum absolute atomic E-state index is 0.0221. The van der Waals surface area contributed by atoms with Crippen LogP contribution in [-0.2, 0) is 42.9 Å². The van der Waals surface area contributed by atoms with Crippen LogP contribution in [0.2, 0.25) is 0 Å². The molecule has 0 radical (unpaired) electrons. The highest BCUT2D eigenvalue weighted by Crippen LogP contribution is 2.32. The number of hydrogen-bond acceptors (Lipinski definition) is 12. The van der Waals surface area contributed by atoms with E-state index in [2.05, 4.69) is 0 Å². The maximum absolute atomic E-state index is 14.3. The molecule has 0 spiro atoms. The Kier molecular flexibility index (Phi) is 9.21. The fourth-order valence-corrected chi connectivity index (χ4v) is 4.47. The maximum Gasteiger partial charge on any atom is 0.303 e. The van der Waals surface area contributed by atoms with Crippen LogP contribution in [0.4, 0.5) is 4.39 Å². The van der Waals surface area contributed by atoms with Crippen LogP contribution in [0.25, 0.3) is 22.1 Å². The van der Waals surface area contributed by atoms with Gasteiger partial charge >= 0.3 is 23.9 Å². The molecule has 1 saturated heterocycles. The zero-order valence-electron chi connectivity index (χ0n) is 23.0. The normalized spacial score (nSPS) is 21.7. The van der Waals surface area contributed by atoms with E-state index < -0.39 is 72.4 Å². The quantitative estimate of drug-likeness (QED) is 0.281. The number of ether oxygens (including phenoxy) is 6. The van der Waals surface area contributed by atoms with Gasteiger partial charge in [-0.25, -0.2) is 4.39 Å². The van der Waals surface area contributed by atoms with E-state index in [0.717, 1.165) is 34.0 Å². The van der Waals surface area contributed by atoms with E-state index in [9.17, 15) is 28.4 Å². The summed E-state index contributed by atoms with van der Waals surface area (Å²) in [5.41, 5.74) is -0.303. The topological polar surface area (TPSA) is 154 Å². The van der Waals surface area contributed by atoms with Crippen molar-refractivity contribution in [3.63, 3.8) is 0 Å². The first-order valence-corrected chi connectivity index (χ1v) is 12.7. The molecule has 42 heavy (non-hydrogen) atoms. The molecule has 2 aromatic carbocycles. The number of fused-ring (bicyclic) bond motifs is 1.